The number of rotatable bonds is 5. The van der Waals surface area contributed by atoms with Crippen molar-refractivity contribution in [2.24, 2.45) is 5.92 Å². The third-order valence-electron chi connectivity index (χ3n) is 4.11. The van der Waals surface area contributed by atoms with Crippen LogP contribution < -0.4 is 5.32 Å². The first-order chi connectivity index (χ1) is 11.1. The summed E-state index contributed by atoms with van der Waals surface area (Å²) in [7, 11) is 0. The number of anilines is 1. The Kier molecular flexibility index (Phi) is 4.28. The highest BCUT2D eigenvalue weighted by molar-refractivity contribution is 5.87. The van der Waals surface area contributed by atoms with Crippen molar-refractivity contribution in [2.45, 2.75) is 34.1 Å². The van der Waals surface area contributed by atoms with Crippen LogP contribution in [0.15, 0.2) is 30.7 Å². The van der Waals surface area contributed by atoms with Crippen molar-refractivity contribution in [3.8, 4) is 5.69 Å². The number of nitrogens with one attached hydrogen (secondary N) is 1. The molecule has 0 atom stereocenters. The van der Waals surface area contributed by atoms with E-state index in [2.05, 4.69) is 66.3 Å². The Hall–Kier alpha value is -2.43. The maximum Gasteiger partial charge on any atom is 0.168 e. The summed E-state index contributed by atoms with van der Waals surface area (Å²) in [4.78, 5) is 8.79. The predicted octanol–water partition coefficient (Wildman–Crippen LogP) is 3.89. The van der Waals surface area contributed by atoms with Gasteiger partial charge in [0.05, 0.1) is 17.3 Å². The van der Waals surface area contributed by atoms with Crippen LogP contribution in [0.5, 0.6) is 0 Å². The van der Waals surface area contributed by atoms with Gasteiger partial charge in [-0.1, -0.05) is 19.9 Å². The van der Waals surface area contributed by atoms with E-state index in [0.717, 1.165) is 35.5 Å². The van der Waals surface area contributed by atoms with Crippen molar-refractivity contribution < 1.29 is 0 Å². The predicted molar refractivity (Wildman–Crippen MR) is 94.1 cm³/mol. The molecule has 23 heavy (non-hydrogen) atoms. The van der Waals surface area contributed by atoms with Gasteiger partial charge in [0.25, 0.3) is 0 Å². The summed E-state index contributed by atoms with van der Waals surface area (Å²) in [6.07, 6.45) is 4.54. The number of benzene rings is 1. The molecule has 5 heteroatoms. The molecule has 0 saturated carbocycles. The number of nitrogens with zero attached hydrogens (tertiary/aromatic N) is 4. The molecule has 0 unspecified atom stereocenters. The van der Waals surface area contributed by atoms with Crippen molar-refractivity contribution in [1.29, 1.82) is 0 Å². The summed E-state index contributed by atoms with van der Waals surface area (Å²) in [6, 6.07) is 6.32. The van der Waals surface area contributed by atoms with E-state index >= 15 is 0 Å². The Morgan fingerprint density at radius 2 is 1.96 bits per heavy atom. The maximum absolute atomic E-state index is 4.51. The van der Waals surface area contributed by atoms with Crippen LogP contribution in [0, 0.1) is 19.8 Å². The third kappa shape index (κ3) is 3.18. The van der Waals surface area contributed by atoms with Gasteiger partial charge < -0.3 is 5.32 Å². The molecule has 0 aliphatic rings. The first-order valence-corrected chi connectivity index (χ1v) is 8.06. The molecule has 0 saturated heterocycles. The van der Waals surface area contributed by atoms with Crippen LogP contribution in [-0.4, -0.2) is 26.3 Å². The molecule has 0 bridgehead atoms. The van der Waals surface area contributed by atoms with E-state index in [-0.39, 0.29) is 0 Å². The molecular weight excluding hydrogens is 286 g/mol. The molecule has 120 valence electrons. The van der Waals surface area contributed by atoms with Crippen LogP contribution in [-0.2, 0) is 0 Å². The Balaban J connectivity index is 1.96. The second-order valence-corrected chi connectivity index (χ2v) is 6.39. The molecule has 0 amide bonds. The van der Waals surface area contributed by atoms with E-state index < -0.39 is 0 Å². The Labute approximate surface area is 136 Å². The van der Waals surface area contributed by atoms with Crippen molar-refractivity contribution >= 4 is 16.9 Å². The molecule has 5 nitrogen and oxygen atoms in total. The van der Waals surface area contributed by atoms with Gasteiger partial charge in [-0.05, 0) is 49.4 Å². The first kappa shape index (κ1) is 15.5. The van der Waals surface area contributed by atoms with E-state index in [1.807, 2.05) is 10.9 Å². The van der Waals surface area contributed by atoms with Gasteiger partial charge in [0.15, 0.2) is 5.65 Å². The standard InChI is InChI=1S/C18H23N5/c1-12(2)7-8-19-17-16-10-22-23(18(16)21-11-20-17)15-6-5-13(3)14(4)9-15/h5-6,9-12H,7-8H2,1-4H3,(H,19,20,21). The molecule has 2 aromatic heterocycles. The second-order valence-electron chi connectivity index (χ2n) is 6.39. The van der Waals surface area contributed by atoms with E-state index in [4.69, 9.17) is 0 Å². The molecule has 2 heterocycles. The molecule has 1 N–H and O–H groups in total. The zero-order valence-electron chi connectivity index (χ0n) is 14.2. The largest absolute Gasteiger partial charge is 0.369 e. The van der Waals surface area contributed by atoms with Gasteiger partial charge in [-0.25, -0.2) is 14.6 Å². The molecule has 0 fully saturated rings. The zero-order valence-corrected chi connectivity index (χ0v) is 14.2. The van der Waals surface area contributed by atoms with Crippen LogP contribution in [0.1, 0.15) is 31.4 Å². The minimum atomic E-state index is 0.665. The number of aryl methyl sites for hydroxylation is 2. The Morgan fingerprint density at radius 3 is 2.70 bits per heavy atom. The molecule has 1 aromatic carbocycles. The van der Waals surface area contributed by atoms with Crippen molar-refractivity contribution in [3.63, 3.8) is 0 Å². The zero-order chi connectivity index (χ0) is 16.4. The van der Waals surface area contributed by atoms with Gasteiger partial charge in [-0.2, -0.15) is 5.10 Å². The highest BCUT2D eigenvalue weighted by Crippen LogP contribution is 2.22. The van der Waals surface area contributed by atoms with E-state index in [1.54, 1.807) is 6.33 Å². The lowest BCUT2D eigenvalue weighted by molar-refractivity contribution is 0.607. The summed E-state index contributed by atoms with van der Waals surface area (Å²) in [5.74, 6) is 1.52. The minimum Gasteiger partial charge on any atom is -0.369 e. The van der Waals surface area contributed by atoms with Gasteiger partial charge in [0.1, 0.15) is 12.1 Å². The van der Waals surface area contributed by atoms with Gasteiger partial charge in [-0.15, -0.1) is 0 Å². The normalized spacial score (nSPS) is 11.3. The number of hydrogen-bond acceptors (Lipinski definition) is 4. The lowest BCUT2D eigenvalue weighted by Gasteiger charge is -2.09. The Bertz CT molecular complexity index is 819. The van der Waals surface area contributed by atoms with Crippen molar-refractivity contribution in [1.82, 2.24) is 19.7 Å². The minimum absolute atomic E-state index is 0.665. The lowest BCUT2D eigenvalue weighted by atomic mass is 10.1. The fourth-order valence-corrected chi connectivity index (χ4v) is 2.51. The Morgan fingerprint density at radius 1 is 1.13 bits per heavy atom. The summed E-state index contributed by atoms with van der Waals surface area (Å²) < 4.78 is 1.87. The number of aromatic nitrogens is 4. The molecular formula is C18H23N5. The van der Waals surface area contributed by atoms with Gasteiger partial charge in [-0.3, -0.25) is 0 Å². The van der Waals surface area contributed by atoms with Crippen molar-refractivity contribution in [3.05, 3.63) is 41.9 Å². The second kappa shape index (κ2) is 6.36. The van der Waals surface area contributed by atoms with Crippen molar-refractivity contribution in [2.75, 3.05) is 11.9 Å². The number of hydrogen-bond donors (Lipinski definition) is 1. The lowest BCUT2D eigenvalue weighted by Crippen LogP contribution is -2.07. The van der Waals surface area contributed by atoms with Crippen LogP contribution in [0.3, 0.4) is 0 Å². The third-order valence-corrected chi connectivity index (χ3v) is 4.11. The fraction of sp³-hybridized carbons (Fsp3) is 0.389. The topological polar surface area (TPSA) is 55.6 Å². The quantitative estimate of drug-likeness (QED) is 0.777. The molecule has 0 radical (unpaired) electrons. The average Bonchev–Trinajstić information content (AvgIpc) is 2.94. The van der Waals surface area contributed by atoms with Gasteiger partial charge in [0, 0.05) is 6.54 Å². The van der Waals surface area contributed by atoms with Crippen LogP contribution in [0.4, 0.5) is 5.82 Å². The summed E-state index contributed by atoms with van der Waals surface area (Å²) in [5, 5.41) is 8.87. The van der Waals surface area contributed by atoms with E-state index in [0.29, 0.717) is 5.92 Å². The van der Waals surface area contributed by atoms with Crippen LogP contribution in [0.25, 0.3) is 16.7 Å². The summed E-state index contributed by atoms with van der Waals surface area (Å²) >= 11 is 0. The molecule has 0 spiro atoms. The monoisotopic (exact) mass is 309 g/mol. The summed E-state index contributed by atoms with van der Waals surface area (Å²) in [5.41, 5.74) is 4.37. The highest BCUT2D eigenvalue weighted by Gasteiger charge is 2.11. The SMILES string of the molecule is Cc1ccc(-n2ncc3c(NCCC(C)C)ncnc32)cc1C. The van der Waals surface area contributed by atoms with E-state index in [1.165, 1.54) is 11.1 Å². The summed E-state index contributed by atoms with van der Waals surface area (Å²) in [6.45, 7) is 9.56. The number of fused-ring (bicyclic) bond motifs is 1. The average molecular weight is 309 g/mol. The molecule has 3 rings (SSSR count). The molecule has 0 aliphatic heterocycles. The fourth-order valence-electron chi connectivity index (χ4n) is 2.51. The van der Waals surface area contributed by atoms with E-state index in [9.17, 15) is 0 Å². The molecule has 3 aromatic rings. The van der Waals surface area contributed by atoms with Crippen LogP contribution >= 0.6 is 0 Å². The smallest absolute Gasteiger partial charge is 0.168 e. The first-order valence-electron chi connectivity index (χ1n) is 8.06. The van der Waals surface area contributed by atoms with Gasteiger partial charge >= 0.3 is 0 Å². The molecule has 0 aliphatic carbocycles. The maximum atomic E-state index is 4.51. The van der Waals surface area contributed by atoms with Crippen LogP contribution in [0.2, 0.25) is 0 Å². The van der Waals surface area contributed by atoms with Gasteiger partial charge in [0.2, 0.25) is 0 Å². The highest BCUT2D eigenvalue weighted by atomic mass is 15.3.